The molecule has 2 atom stereocenters. The number of rotatable bonds is 10. The highest BCUT2D eigenvalue weighted by Gasteiger charge is 2.55. The van der Waals surface area contributed by atoms with E-state index in [9.17, 15) is 0 Å². The monoisotopic (exact) mass is 808 g/mol. The zero-order valence-electron chi connectivity index (χ0n) is 32.7. The van der Waals surface area contributed by atoms with E-state index in [0.29, 0.717) is 0 Å². The van der Waals surface area contributed by atoms with Crippen LogP contribution in [0.3, 0.4) is 0 Å². The molecule has 0 aromatic heterocycles. The van der Waals surface area contributed by atoms with Crippen molar-refractivity contribution in [3.05, 3.63) is 265 Å². The largest absolute Gasteiger partial charge is 0.0743 e. The fourth-order valence-electron chi connectivity index (χ4n) is 9.19. The summed E-state index contributed by atoms with van der Waals surface area (Å²) in [6.07, 6.45) is 5.08. The third-order valence-electron chi connectivity index (χ3n) is 11.5. The molecule has 0 N–H and O–H groups in total. The van der Waals surface area contributed by atoms with E-state index in [4.69, 9.17) is 0 Å². The van der Waals surface area contributed by atoms with Crippen LogP contribution in [0.25, 0.3) is 16.8 Å². The molecule has 10 rings (SSSR count). The van der Waals surface area contributed by atoms with Gasteiger partial charge in [-0.2, -0.15) is 0 Å². The average molecular weight is 809 g/mol. The van der Waals surface area contributed by atoms with Crippen LogP contribution in [0.15, 0.2) is 249 Å². The Kier molecular flexibility index (Phi) is 10.7. The molecule has 9 aromatic rings. The number of fused-ring (bicyclic) bond motifs is 2. The highest BCUT2D eigenvalue weighted by atomic mass is 31.1. The first kappa shape index (κ1) is 37.5. The zero-order chi connectivity index (χ0) is 39.4. The molecular formula is C56H43P3. The molecule has 0 saturated heterocycles. The van der Waals surface area contributed by atoms with Crippen molar-refractivity contribution >= 4 is 77.7 Å². The van der Waals surface area contributed by atoms with Crippen molar-refractivity contribution in [1.82, 2.24) is 0 Å². The van der Waals surface area contributed by atoms with Crippen LogP contribution in [0.2, 0.25) is 0 Å². The molecule has 0 saturated carbocycles. The Morgan fingerprint density at radius 1 is 0.356 bits per heavy atom. The summed E-state index contributed by atoms with van der Waals surface area (Å²) in [6.45, 7) is 0. The molecule has 0 spiro atoms. The molecule has 1 aliphatic carbocycles. The molecule has 0 fully saturated rings. The minimum absolute atomic E-state index is 0.0664. The van der Waals surface area contributed by atoms with Crippen LogP contribution in [0.5, 0.6) is 0 Å². The van der Waals surface area contributed by atoms with E-state index in [1.165, 1.54) is 64.6 Å². The third kappa shape index (κ3) is 6.91. The molecule has 0 radical (unpaired) electrons. The standard InChI is InChI=1S/C56H43P3/c1-7-25-45(26-8-1)57(46-27-9-2-10-28-46)53-41-39-43-23-19-21-37-51(43)55(53)56(59(49-33-15-5-16-34-49)50-35-17-6-18-36-50)52-38-22-20-24-44(52)40-42-54(56)58(47-29-11-3-12-30-47)48-31-13-4-14-32-48/h1-42,54H. The fraction of sp³-hybridized carbons (Fsp3) is 0.0357. The topological polar surface area (TPSA) is 0 Å². The van der Waals surface area contributed by atoms with Crippen LogP contribution in [0.4, 0.5) is 0 Å². The van der Waals surface area contributed by atoms with Gasteiger partial charge in [-0.25, -0.2) is 0 Å². The van der Waals surface area contributed by atoms with Gasteiger partial charge in [0.15, 0.2) is 0 Å². The van der Waals surface area contributed by atoms with Crippen molar-refractivity contribution in [1.29, 1.82) is 0 Å². The summed E-state index contributed by atoms with van der Waals surface area (Å²) in [5, 5.41) is 11.7. The molecule has 0 aliphatic heterocycles. The Hall–Kier alpha value is -5.73. The van der Waals surface area contributed by atoms with Gasteiger partial charge >= 0.3 is 0 Å². The summed E-state index contributed by atoms with van der Waals surface area (Å²) in [7, 11) is -3.12. The molecule has 0 heterocycles. The van der Waals surface area contributed by atoms with Gasteiger partial charge in [0, 0.05) is 5.66 Å². The van der Waals surface area contributed by atoms with Crippen LogP contribution in [-0.4, -0.2) is 5.66 Å². The molecule has 0 nitrogen and oxygen atoms in total. The number of allylic oxidation sites excluding steroid dienone is 1. The van der Waals surface area contributed by atoms with Crippen LogP contribution in [0.1, 0.15) is 16.7 Å². The van der Waals surface area contributed by atoms with Crippen molar-refractivity contribution in [3.63, 3.8) is 0 Å². The summed E-state index contributed by atoms with van der Waals surface area (Å²) in [5.74, 6) is 0. The molecule has 9 aromatic carbocycles. The van der Waals surface area contributed by atoms with Crippen LogP contribution in [-0.2, 0) is 5.16 Å². The maximum absolute atomic E-state index is 2.63. The second-order valence-electron chi connectivity index (χ2n) is 14.9. The van der Waals surface area contributed by atoms with E-state index in [-0.39, 0.29) is 5.66 Å². The predicted octanol–water partition coefficient (Wildman–Crippen LogP) is 11.5. The lowest BCUT2D eigenvalue weighted by Gasteiger charge is -2.53. The maximum Gasteiger partial charge on any atom is 0.0609 e. The van der Waals surface area contributed by atoms with Gasteiger partial charge in [0.1, 0.15) is 0 Å². The molecule has 3 heteroatoms. The lowest BCUT2D eigenvalue weighted by atomic mass is 9.79. The molecule has 1 aliphatic rings. The van der Waals surface area contributed by atoms with Crippen molar-refractivity contribution in [2.75, 3.05) is 0 Å². The predicted molar refractivity (Wildman–Crippen MR) is 261 cm³/mol. The van der Waals surface area contributed by atoms with Crippen molar-refractivity contribution in [2.24, 2.45) is 0 Å². The van der Waals surface area contributed by atoms with Gasteiger partial charge in [-0.3, -0.25) is 0 Å². The highest BCUT2D eigenvalue weighted by molar-refractivity contribution is 7.80. The number of hydrogen-bond acceptors (Lipinski definition) is 0. The van der Waals surface area contributed by atoms with Gasteiger partial charge in [-0.05, 0) is 88.4 Å². The Labute approximate surface area is 352 Å². The minimum atomic E-state index is -1.15. The second kappa shape index (κ2) is 16.9. The first-order valence-corrected chi connectivity index (χ1v) is 24.4. The van der Waals surface area contributed by atoms with Crippen LogP contribution < -0.4 is 37.1 Å². The molecule has 2 unspecified atom stereocenters. The van der Waals surface area contributed by atoms with E-state index in [1.54, 1.807) is 0 Å². The normalized spacial score (nSPS) is 16.1. The number of benzene rings is 9. The summed E-state index contributed by atoms with van der Waals surface area (Å²) in [5.41, 5.74) is 4.22. The van der Waals surface area contributed by atoms with Gasteiger partial charge in [0.25, 0.3) is 0 Å². The fourth-order valence-corrected chi connectivity index (χ4v) is 18.6. The van der Waals surface area contributed by atoms with E-state index in [2.05, 4.69) is 255 Å². The van der Waals surface area contributed by atoms with E-state index < -0.39 is 28.9 Å². The van der Waals surface area contributed by atoms with Crippen molar-refractivity contribution < 1.29 is 0 Å². The zero-order valence-corrected chi connectivity index (χ0v) is 35.4. The minimum Gasteiger partial charge on any atom is -0.0743 e. The summed E-state index contributed by atoms with van der Waals surface area (Å²) in [6, 6.07) is 91.9. The van der Waals surface area contributed by atoms with Crippen molar-refractivity contribution in [2.45, 2.75) is 10.8 Å². The maximum atomic E-state index is 2.63. The Bertz CT molecular complexity index is 2710. The molecule has 282 valence electrons. The first-order chi connectivity index (χ1) is 29.3. The van der Waals surface area contributed by atoms with E-state index in [0.717, 1.165) is 0 Å². The Balaban J connectivity index is 1.45. The van der Waals surface area contributed by atoms with Gasteiger partial charge in [0.2, 0.25) is 0 Å². The Morgan fingerprint density at radius 2 is 0.780 bits per heavy atom. The highest BCUT2D eigenvalue weighted by Crippen LogP contribution is 2.70. The van der Waals surface area contributed by atoms with Gasteiger partial charge in [-0.1, -0.05) is 255 Å². The first-order valence-electron chi connectivity index (χ1n) is 20.3. The van der Waals surface area contributed by atoms with E-state index >= 15 is 0 Å². The molecule has 0 bridgehead atoms. The molecule has 59 heavy (non-hydrogen) atoms. The van der Waals surface area contributed by atoms with E-state index in [1.807, 2.05) is 0 Å². The third-order valence-corrected chi connectivity index (χ3v) is 20.1. The summed E-state index contributed by atoms with van der Waals surface area (Å²) < 4.78 is 0. The smallest absolute Gasteiger partial charge is 0.0609 e. The molecule has 0 amide bonds. The summed E-state index contributed by atoms with van der Waals surface area (Å²) >= 11 is 0. The number of hydrogen-bond donors (Lipinski definition) is 0. The quantitative estimate of drug-likeness (QED) is 0.121. The second-order valence-corrected chi connectivity index (χ2v) is 21.8. The van der Waals surface area contributed by atoms with Gasteiger partial charge in [0.05, 0.1) is 5.16 Å². The van der Waals surface area contributed by atoms with Gasteiger partial charge in [-0.15, -0.1) is 0 Å². The lowest BCUT2D eigenvalue weighted by molar-refractivity contribution is 0.759. The lowest BCUT2D eigenvalue weighted by Crippen LogP contribution is -2.49. The van der Waals surface area contributed by atoms with Crippen molar-refractivity contribution in [3.8, 4) is 0 Å². The van der Waals surface area contributed by atoms with Crippen LogP contribution >= 0.6 is 23.8 Å². The average Bonchev–Trinajstić information content (AvgIpc) is 3.32. The molecular weight excluding hydrogens is 766 g/mol. The van der Waals surface area contributed by atoms with Gasteiger partial charge < -0.3 is 0 Å². The Morgan fingerprint density at radius 3 is 1.31 bits per heavy atom. The summed E-state index contributed by atoms with van der Waals surface area (Å²) in [4.78, 5) is 0. The van der Waals surface area contributed by atoms with Crippen LogP contribution in [0, 0.1) is 0 Å². The SMILES string of the molecule is C1=CC(P(c2ccccc2)c2ccccc2)C(c2c(P(c3ccccc3)c3ccccc3)ccc3ccccc23)(P(c2ccccc2)c2ccccc2)c2ccccc21.